The first-order chi connectivity index (χ1) is 9.61. The van der Waals surface area contributed by atoms with E-state index < -0.39 is 0 Å². The van der Waals surface area contributed by atoms with Crippen LogP contribution in [0.5, 0.6) is 0 Å². The van der Waals surface area contributed by atoms with Crippen molar-refractivity contribution in [1.82, 2.24) is 4.90 Å². The van der Waals surface area contributed by atoms with Gasteiger partial charge in [-0.05, 0) is 42.8 Å². The third-order valence-electron chi connectivity index (χ3n) is 3.67. The lowest BCUT2D eigenvalue weighted by molar-refractivity contribution is 0.241. The Morgan fingerprint density at radius 1 is 1.15 bits per heavy atom. The maximum atomic E-state index is 13.4. The molecule has 106 valence electrons. The van der Waals surface area contributed by atoms with Crippen LogP contribution in [0.25, 0.3) is 0 Å². The topological polar surface area (TPSA) is 29.3 Å². The fourth-order valence-electron chi connectivity index (χ4n) is 2.45. The van der Waals surface area contributed by atoms with Crippen LogP contribution in [0.15, 0.2) is 48.5 Å². The summed E-state index contributed by atoms with van der Waals surface area (Å²) in [5.74, 6) is -0.217. The van der Waals surface area contributed by atoms with Crippen LogP contribution in [-0.4, -0.2) is 18.5 Å². The summed E-state index contributed by atoms with van der Waals surface area (Å²) in [6, 6.07) is 15.0. The van der Waals surface area contributed by atoms with Crippen molar-refractivity contribution < 1.29 is 4.39 Å². The Bertz CT molecular complexity index is 568. The second-order valence-corrected chi connectivity index (χ2v) is 5.15. The van der Waals surface area contributed by atoms with Crippen molar-refractivity contribution in [2.75, 3.05) is 13.6 Å². The minimum Gasteiger partial charge on any atom is -0.329 e. The Hall–Kier alpha value is -1.71. The molecule has 1 unspecified atom stereocenters. The van der Waals surface area contributed by atoms with Crippen LogP contribution in [0.4, 0.5) is 4.39 Å². The van der Waals surface area contributed by atoms with Gasteiger partial charge in [0.1, 0.15) is 5.82 Å². The Balaban J connectivity index is 2.17. The number of halogens is 1. The fraction of sp³-hybridized carbons (Fsp3) is 0.294. The summed E-state index contributed by atoms with van der Waals surface area (Å²) in [5.41, 5.74) is 9.33. The molecule has 0 saturated carbocycles. The van der Waals surface area contributed by atoms with Crippen LogP contribution in [0.1, 0.15) is 22.7 Å². The Morgan fingerprint density at radius 2 is 1.90 bits per heavy atom. The van der Waals surface area contributed by atoms with Crippen molar-refractivity contribution in [3.8, 4) is 0 Å². The van der Waals surface area contributed by atoms with E-state index in [2.05, 4.69) is 24.0 Å². The molecular formula is C17H21FN2. The van der Waals surface area contributed by atoms with Gasteiger partial charge in [0.2, 0.25) is 0 Å². The van der Waals surface area contributed by atoms with E-state index in [-0.39, 0.29) is 11.9 Å². The molecule has 2 aromatic carbocycles. The van der Waals surface area contributed by atoms with Gasteiger partial charge in [0.05, 0.1) is 0 Å². The molecule has 0 spiro atoms. The van der Waals surface area contributed by atoms with Gasteiger partial charge in [-0.25, -0.2) is 4.39 Å². The second-order valence-electron chi connectivity index (χ2n) is 5.15. The normalized spacial score (nSPS) is 12.7. The quantitative estimate of drug-likeness (QED) is 0.905. The number of hydrogen-bond acceptors (Lipinski definition) is 2. The van der Waals surface area contributed by atoms with Gasteiger partial charge in [-0.3, -0.25) is 4.90 Å². The highest BCUT2D eigenvalue weighted by molar-refractivity contribution is 5.26. The summed E-state index contributed by atoms with van der Waals surface area (Å²) in [4.78, 5) is 2.16. The lowest BCUT2D eigenvalue weighted by Gasteiger charge is -2.28. The van der Waals surface area contributed by atoms with E-state index in [9.17, 15) is 4.39 Å². The number of nitrogens with zero attached hydrogens (tertiary/aromatic N) is 1. The number of benzene rings is 2. The first-order valence-corrected chi connectivity index (χ1v) is 6.82. The van der Waals surface area contributed by atoms with Gasteiger partial charge in [-0.1, -0.05) is 36.4 Å². The number of hydrogen-bond donors (Lipinski definition) is 1. The van der Waals surface area contributed by atoms with E-state index >= 15 is 0 Å². The largest absolute Gasteiger partial charge is 0.329 e. The summed E-state index contributed by atoms with van der Waals surface area (Å²) >= 11 is 0. The zero-order valence-corrected chi connectivity index (χ0v) is 12.0. The van der Waals surface area contributed by atoms with Crippen LogP contribution in [0.2, 0.25) is 0 Å². The summed E-state index contributed by atoms with van der Waals surface area (Å²) < 4.78 is 13.4. The second kappa shape index (κ2) is 6.64. The minimum absolute atomic E-state index is 0.0188. The van der Waals surface area contributed by atoms with E-state index in [1.807, 2.05) is 25.2 Å². The zero-order chi connectivity index (χ0) is 14.5. The first-order valence-electron chi connectivity index (χ1n) is 6.82. The molecule has 0 fully saturated rings. The SMILES string of the molecule is Cc1ccccc1CN(C)C(CN)c1cccc(F)c1. The fourth-order valence-corrected chi connectivity index (χ4v) is 2.45. The number of rotatable bonds is 5. The third kappa shape index (κ3) is 3.44. The molecule has 0 radical (unpaired) electrons. The molecule has 2 rings (SSSR count). The Labute approximate surface area is 120 Å². The smallest absolute Gasteiger partial charge is 0.123 e. The molecule has 3 heteroatoms. The average molecular weight is 272 g/mol. The van der Waals surface area contributed by atoms with Crippen molar-refractivity contribution in [2.24, 2.45) is 5.73 Å². The van der Waals surface area contributed by atoms with Gasteiger partial charge >= 0.3 is 0 Å². The molecule has 0 amide bonds. The molecule has 0 aliphatic rings. The summed E-state index contributed by atoms with van der Waals surface area (Å²) in [7, 11) is 2.02. The van der Waals surface area contributed by atoms with Gasteiger partial charge in [-0.2, -0.15) is 0 Å². The number of aryl methyl sites for hydroxylation is 1. The van der Waals surface area contributed by atoms with Gasteiger partial charge in [0.25, 0.3) is 0 Å². The summed E-state index contributed by atoms with van der Waals surface area (Å²) in [6.07, 6.45) is 0. The van der Waals surface area contributed by atoms with Gasteiger partial charge < -0.3 is 5.73 Å². The van der Waals surface area contributed by atoms with E-state index in [1.54, 1.807) is 12.1 Å². The van der Waals surface area contributed by atoms with Crippen LogP contribution in [0.3, 0.4) is 0 Å². The van der Waals surface area contributed by atoms with E-state index in [4.69, 9.17) is 5.73 Å². The summed E-state index contributed by atoms with van der Waals surface area (Å²) in [5, 5.41) is 0. The number of likely N-dealkylation sites (N-methyl/N-ethyl adjacent to an activating group) is 1. The monoisotopic (exact) mass is 272 g/mol. The Kier molecular flexibility index (Phi) is 4.88. The highest BCUT2D eigenvalue weighted by Gasteiger charge is 2.16. The van der Waals surface area contributed by atoms with Crippen molar-refractivity contribution in [1.29, 1.82) is 0 Å². The van der Waals surface area contributed by atoms with Gasteiger partial charge in [0, 0.05) is 19.1 Å². The predicted molar refractivity (Wildman–Crippen MR) is 80.8 cm³/mol. The van der Waals surface area contributed by atoms with Crippen LogP contribution >= 0.6 is 0 Å². The lowest BCUT2D eigenvalue weighted by atomic mass is 10.0. The highest BCUT2D eigenvalue weighted by atomic mass is 19.1. The molecule has 0 bridgehead atoms. The van der Waals surface area contributed by atoms with E-state index in [0.717, 1.165) is 12.1 Å². The molecule has 0 aromatic heterocycles. The standard InChI is InChI=1S/C17H21FN2/c1-13-6-3-4-7-15(13)12-20(2)17(11-19)14-8-5-9-16(18)10-14/h3-10,17H,11-12,19H2,1-2H3. The van der Waals surface area contributed by atoms with E-state index in [1.165, 1.54) is 17.2 Å². The summed E-state index contributed by atoms with van der Waals surface area (Å²) in [6.45, 7) is 3.36. The van der Waals surface area contributed by atoms with Crippen LogP contribution < -0.4 is 5.73 Å². The maximum absolute atomic E-state index is 13.4. The van der Waals surface area contributed by atoms with E-state index in [0.29, 0.717) is 6.54 Å². The predicted octanol–water partition coefficient (Wildman–Crippen LogP) is 3.27. The van der Waals surface area contributed by atoms with Crippen molar-refractivity contribution >= 4 is 0 Å². The molecule has 0 aliphatic carbocycles. The minimum atomic E-state index is -0.217. The van der Waals surface area contributed by atoms with Gasteiger partial charge in [0.15, 0.2) is 0 Å². The number of nitrogens with two attached hydrogens (primary N) is 1. The van der Waals surface area contributed by atoms with Crippen LogP contribution in [0, 0.1) is 12.7 Å². The van der Waals surface area contributed by atoms with Crippen molar-refractivity contribution in [3.63, 3.8) is 0 Å². The molecule has 2 nitrogen and oxygen atoms in total. The molecule has 0 aliphatic heterocycles. The maximum Gasteiger partial charge on any atom is 0.123 e. The van der Waals surface area contributed by atoms with Crippen LogP contribution in [-0.2, 0) is 6.54 Å². The van der Waals surface area contributed by atoms with Gasteiger partial charge in [-0.15, -0.1) is 0 Å². The molecular weight excluding hydrogens is 251 g/mol. The lowest BCUT2D eigenvalue weighted by Crippen LogP contribution is -2.30. The highest BCUT2D eigenvalue weighted by Crippen LogP contribution is 2.22. The molecule has 2 aromatic rings. The van der Waals surface area contributed by atoms with Crippen molar-refractivity contribution in [2.45, 2.75) is 19.5 Å². The third-order valence-corrected chi connectivity index (χ3v) is 3.67. The zero-order valence-electron chi connectivity index (χ0n) is 12.0. The molecule has 20 heavy (non-hydrogen) atoms. The average Bonchev–Trinajstić information content (AvgIpc) is 2.42. The molecule has 2 N–H and O–H groups in total. The first kappa shape index (κ1) is 14.7. The molecule has 1 atom stereocenters. The molecule has 0 saturated heterocycles. The van der Waals surface area contributed by atoms with Crippen molar-refractivity contribution in [3.05, 3.63) is 71.0 Å². The Morgan fingerprint density at radius 3 is 2.55 bits per heavy atom. The molecule has 0 heterocycles.